The molecule has 2 N–H and O–H groups in total. The molecule has 0 bridgehead atoms. The van der Waals surface area contributed by atoms with Gasteiger partial charge >= 0.3 is 0 Å². The molecule has 0 atom stereocenters. The molecule has 0 aromatic rings. The molecule has 0 aromatic heterocycles. The standard InChI is InChI=1S/C8H14O2/c9-7-5-3-1-2-4-6-8-10/h9-10H,3-8H2. The van der Waals surface area contributed by atoms with Crippen molar-refractivity contribution in [1.82, 2.24) is 0 Å². The van der Waals surface area contributed by atoms with Gasteiger partial charge in [0, 0.05) is 26.1 Å². The number of unbranched alkanes of at least 4 members (excludes halogenated alkanes) is 2. The van der Waals surface area contributed by atoms with Gasteiger partial charge in [-0.15, -0.1) is 11.8 Å². The Morgan fingerprint density at radius 3 is 1.50 bits per heavy atom. The Labute approximate surface area is 61.9 Å². The van der Waals surface area contributed by atoms with Crippen molar-refractivity contribution >= 4 is 0 Å². The van der Waals surface area contributed by atoms with Crippen molar-refractivity contribution in [2.24, 2.45) is 0 Å². The van der Waals surface area contributed by atoms with Gasteiger partial charge in [-0.1, -0.05) is 0 Å². The number of aliphatic hydroxyl groups excluding tert-OH is 2. The van der Waals surface area contributed by atoms with Crippen LogP contribution in [0.1, 0.15) is 25.7 Å². The van der Waals surface area contributed by atoms with Crippen LogP contribution in [-0.2, 0) is 0 Å². The molecule has 10 heavy (non-hydrogen) atoms. The van der Waals surface area contributed by atoms with Gasteiger partial charge in [0.25, 0.3) is 0 Å². The van der Waals surface area contributed by atoms with Gasteiger partial charge in [0.1, 0.15) is 0 Å². The van der Waals surface area contributed by atoms with Gasteiger partial charge in [-0.3, -0.25) is 0 Å². The quantitative estimate of drug-likeness (QED) is 0.444. The molecule has 0 fully saturated rings. The minimum Gasteiger partial charge on any atom is -0.396 e. The first-order chi connectivity index (χ1) is 4.91. The molecular formula is C8H14O2. The molecule has 0 aliphatic heterocycles. The zero-order chi connectivity index (χ0) is 7.66. The van der Waals surface area contributed by atoms with Crippen LogP contribution in [0.2, 0.25) is 0 Å². The van der Waals surface area contributed by atoms with Crippen LogP contribution < -0.4 is 0 Å². The lowest BCUT2D eigenvalue weighted by Crippen LogP contribution is -1.80. The van der Waals surface area contributed by atoms with Gasteiger partial charge < -0.3 is 10.2 Å². The van der Waals surface area contributed by atoms with Crippen LogP contribution in [0.4, 0.5) is 0 Å². The SMILES string of the molecule is OCCCC#CCCCO. The van der Waals surface area contributed by atoms with E-state index in [1.807, 2.05) is 0 Å². The predicted octanol–water partition coefficient (Wildman–Crippen LogP) is 0.535. The topological polar surface area (TPSA) is 40.5 Å². The zero-order valence-corrected chi connectivity index (χ0v) is 6.14. The summed E-state index contributed by atoms with van der Waals surface area (Å²) >= 11 is 0. The Bertz CT molecular complexity index is 98.2. The molecular weight excluding hydrogens is 128 g/mol. The van der Waals surface area contributed by atoms with E-state index in [-0.39, 0.29) is 13.2 Å². The highest BCUT2D eigenvalue weighted by Gasteiger charge is 1.78. The molecule has 0 amide bonds. The zero-order valence-electron chi connectivity index (χ0n) is 6.14. The molecule has 58 valence electrons. The van der Waals surface area contributed by atoms with E-state index in [0.29, 0.717) is 0 Å². The average Bonchev–Trinajstić information content (AvgIpc) is 1.97. The van der Waals surface area contributed by atoms with Crippen LogP contribution in [0.5, 0.6) is 0 Å². The van der Waals surface area contributed by atoms with Gasteiger partial charge in [-0.05, 0) is 12.8 Å². The minimum atomic E-state index is 0.217. The number of aliphatic hydroxyl groups is 2. The molecule has 0 rings (SSSR count). The number of hydrogen-bond donors (Lipinski definition) is 2. The van der Waals surface area contributed by atoms with Crippen molar-refractivity contribution in [3.8, 4) is 11.8 Å². The van der Waals surface area contributed by atoms with E-state index in [9.17, 15) is 0 Å². The molecule has 0 heterocycles. The summed E-state index contributed by atoms with van der Waals surface area (Å²) in [4.78, 5) is 0. The van der Waals surface area contributed by atoms with Crippen LogP contribution in [0.15, 0.2) is 0 Å². The van der Waals surface area contributed by atoms with Crippen LogP contribution in [0.25, 0.3) is 0 Å². The minimum absolute atomic E-state index is 0.217. The molecule has 0 spiro atoms. The van der Waals surface area contributed by atoms with Crippen molar-refractivity contribution in [1.29, 1.82) is 0 Å². The Morgan fingerprint density at radius 1 is 0.800 bits per heavy atom. The average molecular weight is 142 g/mol. The highest BCUT2D eigenvalue weighted by Crippen LogP contribution is 1.86. The summed E-state index contributed by atoms with van der Waals surface area (Å²) in [6.45, 7) is 0.434. The van der Waals surface area contributed by atoms with Gasteiger partial charge in [-0.25, -0.2) is 0 Å². The van der Waals surface area contributed by atoms with Crippen molar-refractivity contribution in [2.75, 3.05) is 13.2 Å². The first kappa shape index (κ1) is 9.48. The summed E-state index contributed by atoms with van der Waals surface area (Å²) in [7, 11) is 0. The van der Waals surface area contributed by atoms with E-state index in [1.165, 1.54) is 0 Å². The fourth-order valence-corrected chi connectivity index (χ4v) is 0.512. The van der Waals surface area contributed by atoms with Gasteiger partial charge in [0.05, 0.1) is 0 Å². The largest absolute Gasteiger partial charge is 0.396 e. The second-order valence-corrected chi connectivity index (χ2v) is 2.01. The third kappa shape index (κ3) is 7.48. The van der Waals surface area contributed by atoms with Crippen molar-refractivity contribution in [3.63, 3.8) is 0 Å². The number of hydrogen-bond acceptors (Lipinski definition) is 2. The summed E-state index contributed by atoms with van der Waals surface area (Å²) < 4.78 is 0. The third-order valence-corrected chi connectivity index (χ3v) is 1.04. The molecule has 0 saturated heterocycles. The maximum Gasteiger partial charge on any atom is 0.0440 e. The second-order valence-electron chi connectivity index (χ2n) is 2.01. The Hall–Kier alpha value is -0.520. The highest BCUT2D eigenvalue weighted by atomic mass is 16.3. The molecule has 0 aliphatic rings. The first-order valence-electron chi connectivity index (χ1n) is 3.59. The summed E-state index contributed by atoms with van der Waals surface area (Å²) in [5, 5.41) is 16.7. The summed E-state index contributed by atoms with van der Waals surface area (Å²) in [5.41, 5.74) is 0. The molecule has 0 radical (unpaired) electrons. The lowest BCUT2D eigenvalue weighted by Gasteiger charge is -1.85. The molecule has 0 unspecified atom stereocenters. The van der Waals surface area contributed by atoms with Crippen LogP contribution >= 0.6 is 0 Å². The monoisotopic (exact) mass is 142 g/mol. The van der Waals surface area contributed by atoms with E-state index in [4.69, 9.17) is 10.2 Å². The van der Waals surface area contributed by atoms with E-state index in [0.717, 1.165) is 25.7 Å². The van der Waals surface area contributed by atoms with Crippen LogP contribution in [-0.4, -0.2) is 23.4 Å². The second kappa shape index (κ2) is 8.48. The third-order valence-electron chi connectivity index (χ3n) is 1.04. The van der Waals surface area contributed by atoms with Crippen molar-refractivity contribution in [3.05, 3.63) is 0 Å². The fourth-order valence-electron chi connectivity index (χ4n) is 0.512. The fraction of sp³-hybridized carbons (Fsp3) is 0.750. The maximum atomic E-state index is 8.36. The van der Waals surface area contributed by atoms with Crippen LogP contribution in [0, 0.1) is 11.8 Å². The lowest BCUT2D eigenvalue weighted by molar-refractivity contribution is 0.289. The van der Waals surface area contributed by atoms with Gasteiger partial charge in [0.2, 0.25) is 0 Å². The molecule has 2 heteroatoms. The van der Waals surface area contributed by atoms with E-state index >= 15 is 0 Å². The van der Waals surface area contributed by atoms with Gasteiger partial charge in [-0.2, -0.15) is 0 Å². The molecule has 2 nitrogen and oxygen atoms in total. The van der Waals surface area contributed by atoms with Crippen molar-refractivity contribution in [2.45, 2.75) is 25.7 Å². The summed E-state index contributed by atoms with van der Waals surface area (Å²) in [6.07, 6.45) is 3.04. The molecule has 0 aliphatic carbocycles. The van der Waals surface area contributed by atoms with E-state index < -0.39 is 0 Å². The highest BCUT2D eigenvalue weighted by molar-refractivity contribution is 4.98. The molecule has 0 aromatic carbocycles. The normalized spacial score (nSPS) is 8.60. The van der Waals surface area contributed by atoms with Crippen molar-refractivity contribution < 1.29 is 10.2 Å². The first-order valence-corrected chi connectivity index (χ1v) is 3.59. The lowest BCUT2D eigenvalue weighted by atomic mass is 10.3. The summed E-state index contributed by atoms with van der Waals surface area (Å²) in [5.74, 6) is 5.80. The summed E-state index contributed by atoms with van der Waals surface area (Å²) in [6, 6.07) is 0. The number of rotatable bonds is 4. The Balaban J connectivity index is 2.98. The Kier molecular flexibility index (Phi) is 8.04. The predicted molar refractivity (Wildman–Crippen MR) is 40.4 cm³/mol. The van der Waals surface area contributed by atoms with Crippen LogP contribution in [0.3, 0.4) is 0 Å². The Morgan fingerprint density at radius 2 is 1.20 bits per heavy atom. The van der Waals surface area contributed by atoms with E-state index in [2.05, 4.69) is 11.8 Å². The van der Waals surface area contributed by atoms with E-state index in [1.54, 1.807) is 0 Å². The smallest absolute Gasteiger partial charge is 0.0440 e. The maximum absolute atomic E-state index is 8.36. The van der Waals surface area contributed by atoms with Gasteiger partial charge in [0.15, 0.2) is 0 Å². The molecule has 0 saturated carbocycles.